The molecule has 0 atom stereocenters. The molecule has 0 saturated carbocycles. The highest BCUT2D eigenvalue weighted by Crippen LogP contribution is 2.66. The molecule has 0 amide bonds. The van der Waals surface area contributed by atoms with Crippen molar-refractivity contribution < 1.29 is 9.59 Å². The third-order valence-electron chi connectivity index (χ3n) is 8.09. The van der Waals surface area contributed by atoms with Gasteiger partial charge in [-0.25, -0.2) is 0 Å². The monoisotopic (exact) mass is 356 g/mol. The van der Waals surface area contributed by atoms with Crippen LogP contribution in [0.1, 0.15) is 93.9 Å². The lowest BCUT2D eigenvalue weighted by Crippen LogP contribution is -2.34. The molecular formula is C24H36O2. The van der Waals surface area contributed by atoms with Crippen molar-refractivity contribution in [1.82, 2.24) is 0 Å². The number of allylic oxidation sites excluding steroid dienone is 4. The second kappa shape index (κ2) is 5.66. The topological polar surface area (TPSA) is 34.1 Å². The molecule has 3 aliphatic carbocycles. The average Bonchev–Trinajstić information content (AvgIpc) is 2.98. The summed E-state index contributed by atoms with van der Waals surface area (Å²) in [6.45, 7) is 17.4. The molecule has 0 N–H and O–H groups in total. The smallest absolute Gasteiger partial charge is 0.186 e. The van der Waals surface area contributed by atoms with Crippen LogP contribution < -0.4 is 0 Å². The summed E-state index contributed by atoms with van der Waals surface area (Å²) in [5, 5.41) is 0. The largest absolute Gasteiger partial charge is 0.289 e. The van der Waals surface area contributed by atoms with E-state index < -0.39 is 0 Å². The standard InChI is InChI=1S/C24H36O2/c1-9-23(10-2)13-21(5,6)15-17(23)20(26)18-16(19(15)25)22(7,8)14-24(18,11-3)12-4/h9-14H2,1-8H3. The Kier molecular flexibility index (Phi) is 4.26. The molecular weight excluding hydrogens is 320 g/mol. The van der Waals surface area contributed by atoms with E-state index in [-0.39, 0.29) is 33.2 Å². The maximum Gasteiger partial charge on any atom is 0.186 e. The highest BCUT2D eigenvalue weighted by Gasteiger charge is 2.61. The first-order chi connectivity index (χ1) is 12.0. The molecule has 0 aromatic heterocycles. The number of carbonyl (C=O) groups is 2. The minimum absolute atomic E-state index is 0.135. The third-order valence-corrected chi connectivity index (χ3v) is 8.09. The number of hydrogen-bond donors (Lipinski definition) is 0. The summed E-state index contributed by atoms with van der Waals surface area (Å²) >= 11 is 0. The van der Waals surface area contributed by atoms with Crippen molar-refractivity contribution in [3.63, 3.8) is 0 Å². The van der Waals surface area contributed by atoms with Crippen molar-refractivity contribution in [2.45, 2.75) is 93.9 Å². The van der Waals surface area contributed by atoms with Gasteiger partial charge in [-0.15, -0.1) is 0 Å². The van der Waals surface area contributed by atoms with Gasteiger partial charge in [-0.2, -0.15) is 0 Å². The summed E-state index contributed by atoms with van der Waals surface area (Å²) in [7, 11) is 0. The van der Waals surface area contributed by atoms with E-state index in [0.717, 1.165) is 60.8 Å². The van der Waals surface area contributed by atoms with E-state index in [0.29, 0.717) is 0 Å². The fourth-order valence-electron chi connectivity index (χ4n) is 6.76. The fourth-order valence-corrected chi connectivity index (χ4v) is 6.76. The number of Topliss-reactive ketones (excluding diaryl/α,β-unsaturated/α-hetero) is 2. The summed E-state index contributed by atoms with van der Waals surface area (Å²) in [5.41, 5.74) is 2.77. The number of hydrogen-bond acceptors (Lipinski definition) is 2. The Balaban J connectivity index is 2.33. The van der Waals surface area contributed by atoms with E-state index in [4.69, 9.17) is 0 Å². The molecule has 0 saturated heterocycles. The van der Waals surface area contributed by atoms with E-state index in [1.807, 2.05) is 0 Å². The zero-order valence-electron chi connectivity index (χ0n) is 18.1. The summed E-state index contributed by atoms with van der Waals surface area (Å²) < 4.78 is 0. The summed E-state index contributed by atoms with van der Waals surface area (Å²) in [6, 6.07) is 0. The van der Waals surface area contributed by atoms with Crippen molar-refractivity contribution >= 4 is 11.6 Å². The molecule has 0 aromatic rings. The van der Waals surface area contributed by atoms with Crippen LogP contribution in [0.3, 0.4) is 0 Å². The first-order valence-electron chi connectivity index (χ1n) is 10.6. The van der Waals surface area contributed by atoms with Crippen molar-refractivity contribution in [2.75, 3.05) is 0 Å². The van der Waals surface area contributed by atoms with Gasteiger partial charge in [-0.05, 0) is 60.2 Å². The predicted octanol–water partition coefficient (Wildman–Crippen LogP) is 6.20. The van der Waals surface area contributed by atoms with Crippen LogP contribution >= 0.6 is 0 Å². The van der Waals surface area contributed by atoms with Gasteiger partial charge in [0.25, 0.3) is 0 Å². The first kappa shape index (κ1) is 19.6. The average molecular weight is 357 g/mol. The Labute approximate surface area is 159 Å². The molecule has 144 valence electrons. The fraction of sp³-hybridized carbons (Fsp3) is 0.750. The van der Waals surface area contributed by atoms with Gasteiger partial charge in [0.2, 0.25) is 0 Å². The van der Waals surface area contributed by atoms with Gasteiger partial charge in [0.15, 0.2) is 11.6 Å². The van der Waals surface area contributed by atoms with Crippen molar-refractivity contribution in [2.24, 2.45) is 21.7 Å². The molecule has 3 aliphatic rings. The van der Waals surface area contributed by atoms with E-state index in [1.165, 1.54) is 0 Å². The predicted molar refractivity (Wildman–Crippen MR) is 107 cm³/mol. The van der Waals surface area contributed by atoms with Gasteiger partial charge in [-0.3, -0.25) is 9.59 Å². The van der Waals surface area contributed by atoms with Crippen LogP contribution in [-0.2, 0) is 9.59 Å². The van der Waals surface area contributed by atoms with E-state index >= 15 is 0 Å². The quantitative estimate of drug-likeness (QED) is 0.562. The van der Waals surface area contributed by atoms with Crippen molar-refractivity contribution in [3.05, 3.63) is 22.3 Å². The highest BCUT2D eigenvalue weighted by atomic mass is 16.1. The van der Waals surface area contributed by atoms with Gasteiger partial charge in [0, 0.05) is 22.3 Å². The molecule has 0 aliphatic heterocycles. The van der Waals surface area contributed by atoms with Crippen LogP contribution in [0.15, 0.2) is 22.3 Å². The number of rotatable bonds is 4. The molecule has 0 bridgehead atoms. The minimum Gasteiger partial charge on any atom is -0.289 e. The molecule has 0 radical (unpaired) electrons. The number of carbonyl (C=O) groups excluding carboxylic acids is 2. The molecule has 0 fully saturated rings. The summed E-state index contributed by atoms with van der Waals surface area (Å²) in [5.74, 6) is 0.412. The molecule has 2 nitrogen and oxygen atoms in total. The Morgan fingerprint density at radius 3 is 1.12 bits per heavy atom. The molecule has 2 heteroatoms. The molecule has 0 aromatic carbocycles. The summed E-state index contributed by atoms with van der Waals surface area (Å²) in [6.07, 6.45) is 5.57. The molecule has 3 rings (SSSR count). The zero-order valence-corrected chi connectivity index (χ0v) is 18.1. The lowest BCUT2D eigenvalue weighted by Gasteiger charge is -2.36. The molecule has 26 heavy (non-hydrogen) atoms. The van der Waals surface area contributed by atoms with E-state index in [1.54, 1.807) is 0 Å². The second-order valence-electron chi connectivity index (χ2n) is 10.3. The van der Waals surface area contributed by atoms with E-state index in [9.17, 15) is 9.59 Å². The van der Waals surface area contributed by atoms with Crippen LogP contribution in [0, 0.1) is 21.7 Å². The van der Waals surface area contributed by atoms with Crippen LogP contribution in [0.25, 0.3) is 0 Å². The van der Waals surface area contributed by atoms with Crippen LogP contribution in [-0.4, -0.2) is 11.6 Å². The Hall–Kier alpha value is -1.18. The Morgan fingerprint density at radius 1 is 0.577 bits per heavy atom. The van der Waals surface area contributed by atoms with E-state index in [2.05, 4.69) is 55.4 Å². The lowest BCUT2D eigenvalue weighted by molar-refractivity contribution is -0.118. The lowest BCUT2D eigenvalue weighted by atomic mass is 9.66. The van der Waals surface area contributed by atoms with Gasteiger partial charge >= 0.3 is 0 Å². The second-order valence-corrected chi connectivity index (χ2v) is 10.3. The van der Waals surface area contributed by atoms with Gasteiger partial charge < -0.3 is 0 Å². The van der Waals surface area contributed by atoms with Crippen LogP contribution in [0.5, 0.6) is 0 Å². The Morgan fingerprint density at radius 2 is 0.846 bits per heavy atom. The van der Waals surface area contributed by atoms with Gasteiger partial charge in [0.05, 0.1) is 0 Å². The van der Waals surface area contributed by atoms with Gasteiger partial charge in [-0.1, -0.05) is 55.4 Å². The maximum absolute atomic E-state index is 14.0. The Bertz CT molecular complexity index is 674. The molecule has 0 unspecified atom stereocenters. The number of ketones is 2. The third kappa shape index (κ3) is 2.17. The van der Waals surface area contributed by atoms with Crippen molar-refractivity contribution in [3.8, 4) is 0 Å². The normalized spacial score (nSPS) is 27.8. The van der Waals surface area contributed by atoms with Gasteiger partial charge in [0.1, 0.15) is 0 Å². The molecule has 0 heterocycles. The zero-order chi connectivity index (χ0) is 19.7. The SMILES string of the molecule is CCC1(CC)CC(C)(C)C2=C1C(=O)C1=C(C2=O)C(C)(C)CC1(CC)CC. The maximum atomic E-state index is 14.0. The minimum atomic E-state index is -0.216. The highest BCUT2D eigenvalue weighted by molar-refractivity contribution is 6.28. The van der Waals surface area contributed by atoms with Crippen LogP contribution in [0.4, 0.5) is 0 Å². The molecule has 0 spiro atoms. The van der Waals surface area contributed by atoms with Crippen molar-refractivity contribution in [1.29, 1.82) is 0 Å². The van der Waals surface area contributed by atoms with Crippen LogP contribution in [0.2, 0.25) is 0 Å². The first-order valence-corrected chi connectivity index (χ1v) is 10.6. The summed E-state index contributed by atoms with van der Waals surface area (Å²) in [4.78, 5) is 27.8.